The molecule has 0 radical (unpaired) electrons. The van der Waals surface area contributed by atoms with Crippen LogP contribution in [0, 0.1) is 0 Å². The van der Waals surface area contributed by atoms with E-state index in [1.54, 1.807) is 12.1 Å². The third-order valence-electron chi connectivity index (χ3n) is 4.21. The topological polar surface area (TPSA) is 88.4 Å². The minimum Gasteiger partial charge on any atom is -0.506 e. The van der Waals surface area contributed by atoms with Crippen LogP contribution in [0.15, 0.2) is 63.7 Å². The molecule has 162 valence electrons. The molecule has 0 atom stereocenters. The van der Waals surface area contributed by atoms with E-state index < -0.39 is 17.7 Å². The second-order valence-corrected chi connectivity index (χ2v) is 7.25. The monoisotopic (exact) mass is 451 g/mol. The maximum atomic E-state index is 12.8. The number of hydrogen-bond donors (Lipinski definition) is 2. The number of thioether (sulfide) groups is 1. The van der Waals surface area contributed by atoms with Crippen molar-refractivity contribution in [2.75, 3.05) is 14.2 Å². The van der Waals surface area contributed by atoms with Gasteiger partial charge >= 0.3 is 12.1 Å². The number of alkyl halides is 3. The molecule has 1 aliphatic rings. The van der Waals surface area contributed by atoms with Crippen molar-refractivity contribution in [3.8, 4) is 11.5 Å². The van der Waals surface area contributed by atoms with Gasteiger partial charge in [0.1, 0.15) is 16.4 Å². The van der Waals surface area contributed by atoms with Gasteiger partial charge in [-0.25, -0.2) is 9.79 Å². The number of aliphatic imine (C=N–C) groups is 1. The Morgan fingerprint density at radius 3 is 2.35 bits per heavy atom. The summed E-state index contributed by atoms with van der Waals surface area (Å²) in [5.41, 5.74) is -0.311. The molecule has 0 aliphatic carbocycles. The third kappa shape index (κ3) is 4.85. The summed E-state index contributed by atoms with van der Waals surface area (Å²) in [6.07, 6.45) is -2.94. The van der Waals surface area contributed by atoms with Crippen LogP contribution < -0.4 is 4.74 Å². The standard InChI is InChI=1S/C21H16F3NO5S/c1-29-15-9-11(3-8-14(15)26)10-16-18(27)17(20(28)30-2)19(31-16)25-13-6-4-12(5-7-13)21(22,23)24/h3-10,26-27H,1-2H3/b16-10+,25-19?. The molecule has 0 bridgehead atoms. The van der Waals surface area contributed by atoms with Crippen LogP contribution in [0.1, 0.15) is 11.1 Å². The smallest absolute Gasteiger partial charge is 0.416 e. The van der Waals surface area contributed by atoms with Gasteiger partial charge in [0.15, 0.2) is 11.5 Å². The van der Waals surface area contributed by atoms with Crippen LogP contribution in [0.25, 0.3) is 6.08 Å². The van der Waals surface area contributed by atoms with Crippen LogP contribution in [0.2, 0.25) is 0 Å². The summed E-state index contributed by atoms with van der Waals surface area (Å²) >= 11 is 0.948. The lowest BCUT2D eigenvalue weighted by Crippen LogP contribution is -2.10. The average molecular weight is 451 g/mol. The second kappa shape index (κ2) is 8.76. The SMILES string of the molecule is COC(=O)C1=C(O)/C(=C\c2ccc(O)c(OC)c2)SC1=Nc1ccc(C(F)(F)F)cc1. The number of aliphatic hydroxyl groups is 1. The first kappa shape index (κ1) is 22.3. The van der Waals surface area contributed by atoms with Gasteiger partial charge in [0.25, 0.3) is 0 Å². The van der Waals surface area contributed by atoms with Crippen LogP contribution >= 0.6 is 11.8 Å². The Hall–Kier alpha value is -3.40. The average Bonchev–Trinajstić information content (AvgIpc) is 3.03. The van der Waals surface area contributed by atoms with Crippen molar-refractivity contribution in [1.82, 2.24) is 0 Å². The molecule has 1 aliphatic heterocycles. The highest BCUT2D eigenvalue weighted by molar-refractivity contribution is 8.18. The minimum absolute atomic E-state index is 0.0664. The Balaban J connectivity index is 2.00. The first-order valence-electron chi connectivity index (χ1n) is 8.69. The summed E-state index contributed by atoms with van der Waals surface area (Å²) in [5, 5.41) is 20.4. The number of benzene rings is 2. The molecular formula is C21H16F3NO5S. The molecule has 0 saturated heterocycles. The van der Waals surface area contributed by atoms with Crippen molar-refractivity contribution in [2.45, 2.75) is 6.18 Å². The fourth-order valence-corrected chi connectivity index (χ4v) is 3.70. The van der Waals surface area contributed by atoms with E-state index in [0.29, 0.717) is 5.56 Å². The van der Waals surface area contributed by atoms with E-state index in [0.717, 1.165) is 43.1 Å². The van der Waals surface area contributed by atoms with E-state index in [9.17, 15) is 28.2 Å². The van der Waals surface area contributed by atoms with Gasteiger partial charge in [-0.05, 0) is 48.0 Å². The van der Waals surface area contributed by atoms with E-state index in [1.165, 1.54) is 19.2 Å². The van der Waals surface area contributed by atoms with Crippen LogP contribution in [-0.2, 0) is 15.7 Å². The van der Waals surface area contributed by atoms with E-state index in [1.807, 2.05) is 0 Å². The number of hydrogen-bond acceptors (Lipinski definition) is 7. The molecule has 0 fully saturated rings. The second-order valence-electron chi connectivity index (χ2n) is 6.22. The van der Waals surface area contributed by atoms with Gasteiger partial charge in [0.2, 0.25) is 0 Å². The lowest BCUT2D eigenvalue weighted by Gasteiger charge is -2.06. The Labute approximate surface area is 179 Å². The van der Waals surface area contributed by atoms with E-state index >= 15 is 0 Å². The number of phenolic OH excluding ortho intramolecular Hbond substituents is 1. The third-order valence-corrected chi connectivity index (χ3v) is 5.23. The number of phenols is 1. The number of esters is 1. The molecule has 0 saturated carbocycles. The zero-order chi connectivity index (χ0) is 22.8. The normalized spacial score (nSPS) is 16.8. The predicted octanol–water partition coefficient (Wildman–Crippen LogP) is 5.22. The summed E-state index contributed by atoms with van der Waals surface area (Å²) in [6, 6.07) is 8.58. The summed E-state index contributed by atoms with van der Waals surface area (Å²) in [4.78, 5) is 16.7. The number of aromatic hydroxyl groups is 1. The highest BCUT2D eigenvalue weighted by atomic mass is 32.2. The van der Waals surface area contributed by atoms with Crippen LogP contribution in [0.3, 0.4) is 0 Å². The number of nitrogens with zero attached hydrogens (tertiary/aromatic N) is 1. The van der Waals surface area contributed by atoms with E-state index in [2.05, 4.69) is 4.99 Å². The summed E-state index contributed by atoms with van der Waals surface area (Å²) in [6.45, 7) is 0. The zero-order valence-corrected chi connectivity index (χ0v) is 17.0. The Morgan fingerprint density at radius 1 is 1.10 bits per heavy atom. The maximum absolute atomic E-state index is 12.8. The molecule has 1 heterocycles. The lowest BCUT2D eigenvalue weighted by molar-refractivity contribution is -0.137. The van der Waals surface area contributed by atoms with Gasteiger partial charge < -0.3 is 19.7 Å². The summed E-state index contributed by atoms with van der Waals surface area (Å²) in [7, 11) is 2.52. The van der Waals surface area contributed by atoms with Gasteiger partial charge in [0, 0.05) is 0 Å². The molecule has 3 rings (SSSR count). The highest BCUT2D eigenvalue weighted by Crippen LogP contribution is 2.41. The highest BCUT2D eigenvalue weighted by Gasteiger charge is 2.33. The minimum atomic E-state index is -4.48. The number of rotatable bonds is 4. The Kier molecular flexibility index (Phi) is 6.30. The van der Waals surface area contributed by atoms with Crippen molar-refractivity contribution in [1.29, 1.82) is 0 Å². The van der Waals surface area contributed by atoms with Crippen molar-refractivity contribution in [2.24, 2.45) is 4.99 Å². The Morgan fingerprint density at radius 2 is 1.77 bits per heavy atom. The molecule has 0 amide bonds. The molecule has 0 unspecified atom stereocenters. The number of halogens is 3. The zero-order valence-electron chi connectivity index (χ0n) is 16.2. The van der Waals surface area contributed by atoms with Crippen LogP contribution in [0.5, 0.6) is 11.5 Å². The quantitative estimate of drug-likeness (QED) is 0.620. The van der Waals surface area contributed by atoms with Crippen molar-refractivity contribution < 1.29 is 37.7 Å². The number of methoxy groups -OCH3 is 2. The van der Waals surface area contributed by atoms with Gasteiger partial charge in [0.05, 0.1) is 30.4 Å². The summed E-state index contributed by atoms with van der Waals surface area (Å²) in [5.74, 6) is -1.08. The van der Waals surface area contributed by atoms with Crippen molar-refractivity contribution >= 4 is 34.5 Å². The summed E-state index contributed by atoms with van der Waals surface area (Å²) < 4.78 is 48.0. The lowest BCUT2D eigenvalue weighted by atomic mass is 10.1. The molecule has 2 N–H and O–H groups in total. The van der Waals surface area contributed by atoms with Crippen LogP contribution in [-0.4, -0.2) is 35.4 Å². The largest absolute Gasteiger partial charge is 0.506 e. The van der Waals surface area contributed by atoms with E-state index in [-0.39, 0.29) is 38.5 Å². The molecular weight excluding hydrogens is 435 g/mol. The Bertz CT molecular complexity index is 1100. The molecule has 6 nitrogen and oxygen atoms in total. The predicted molar refractivity (Wildman–Crippen MR) is 110 cm³/mol. The van der Waals surface area contributed by atoms with Crippen LogP contribution in [0.4, 0.5) is 18.9 Å². The molecule has 2 aromatic carbocycles. The van der Waals surface area contributed by atoms with Crippen molar-refractivity contribution in [3.05, 3.63) is 69.8 Å². The molecule has 10 heteroatoms. The first-order valence-corrected chi connectivity index (χ1v) is 9.50. The number of carbonyl (C=O) groups excluding carboxylic acids is 1. The maximum Gasteiger partial charge on any atom is 0.416 e. The van der Waals surface area contributed by atoms with Gasteiger partial charge in [-0.2, -0.15) is 13.2 Å². The number of aliphatic hydroxyl groups excluding tert-OH is 1. The fraction of sp³-hybridized carbons (Fsp3) is 0.143. The van der Waals surface area contributed by atoms with Crippen molar-refractivity contribution in [3.63, 3.8) is 0 Å². The fourth-order valence-electron chi connectivity index (χ4n) is 2.67. The molecule has 0 aromatic heterocycles. The molecule has 31 heavy (non-hydrogen) atoms. The van der Waals surface area contributed by atoms with Gasteiger partial charge in [-0.3, -0.25) is 0 Å². The molecule has 2 aromatic rings. The van der Waals surface area contributed by atoms with E-state index in [4.69, 9.17) is 9.47 Å². The van der Waals surface area contributed by atoms with Gasteiger partial charge in [-0.1, -0.05) is 17.8 Å². The number of ether oxygens (including phenoxy) is 2. The molecule has 0 spiro atoms. The number of carbonyl (C=O) groups is 1. The first-order chi connectivity index (χ1) is 14.6. The van der Waals surface area contributed by atoms with Gasteiger partial charge in [-0.15, -0.1) is 0 Å².